The third kappa shape index (κ3) is 72.4. The van der Waals surface area contributed by atoms with Crippen LogP contribution in [0.5, 0.6) is 0 Å². The summed E-state index contributed by atoms with van der Waals surface area (Å²) in [6.07, 6.45) is 62.3. The van der Waals surface area contributed by atoms with Crippen LogP contribution in [-0.2, 0) is 65.4 Å². The van der Waals surface area contributed by atoms with Crippen molar-refractivity contribution in [3.8, 4) is 0 Å². The Morgan fingerprint density at radius 3 is 0.694 bits per heavy atom. The molecule has 582 valence electrons. The van der Waals surface area contributed by atoms with Crippen LogP contribution < -0.4 is 0 Å². The summed E-state index contributed by atoms with van der Waals surface area (Å²) in [6.45, 7) is 7.35. The summed E-state index contributed by atoms with van der Waals surface area (Å²) in [5.74, 6) is -1.29. The summed E-state index contributed by atoms with van der Waals surface area (Å²) in [5.41, 5.74) is 0. The Bertz CT molecular complexity index is 1870. The minimum atomic E-state index is -4.96. The van der Waals surface area contributed by atoms with Crippen molar-refractivity contribution >= 4 is 39.5 Å². The lowest BCUT2D eigenvalue weighted by Crippen LogP contribution is -2.30. The van der Waals surface area contributed by atoms with E-state index in [0.717, 1.165) is 95.8 Å². The zero-order chi connectivity index (χ0) is 71.9. The maximum absolute atomic E-state index is 13.1. The van der Waals surface area contributed by atoms with Crippen molar-refractivity contribution < 1.29 is 80.2 Å². The molecule has 0 aromatic carbocycles. The molecule has 0 spiro atoms. The summed E-state index contributed by atoms with van der Waals surface area (Å²) in [6, 6.07) is 0. The van der Waals surface area contributed by atoms with Crippen molar-refractivity contribution in [2.75, 3.05) is 39.6 Å². The van der Waals surface area contributed by atoms with E-state index < -0.39 is 97.5 Å². The van der Waals surface area contributed by atoms with Gasteiger partial charge in [-0.05, 0) is 31.6 Å². The number of phosphoric acid groups is 2. The summed E-state index contributed by atoms with van der Waals surface area (Å²) >= 11 is 0. The Balaban J connectivity index is 5.21. The second-order valence-corrected chi connectivity index (χ2v) is 31.8. The number of phosphoric ester groups is 2. The monoisotopic (exact) mass is 1440 g/mol. The van der Waals surface area contributed by atoms with Crippen molar-refractivity contribution in [1.82, 2.24) is 0 Å². The van der Waals surface area contributed by atoms with Gasteiger partial charge in [-0.25, -0.2) is 9.13 Å². The van der Waals surface area contributed by atoms with Gasteiger partial charge in [0.15, 0.2) is 12.2 Å². The molecule has 2 unspecified atom stereocenters. The zero-order valence-electron chi connectivity index (χ0n) is 63.9. The van der Waals surface area contributed by atoms with Gasteiger partial charge in [0.2, 0.25) is 0 Å². The highest BCUT2D eigenvalue weighted by atomic mass is 31.2. The fraction of sp³-hybridized carbons (Fsp3) is 0.949. The molecule has 0 radical (unpaired) electrons. The van der Waals surface area contributed by atoms with Crippen LogP contribution in [0.3, 0.4) is 0 Å². The second kappa shape index (κ2) is 72.0. The number of unbranched alkanes of at least 4 members (excludes halogenated alkanes) is 51. The molecule has 0 heterocycles. The van der Waals surface area contributed by atoms with Crippen molar-refractivity contribution in [3.63, 3.8) is 0 Å². The Morgan fingerprint density at radius 1 is 0.276 bits per heavy atom. The van der Waals surface area contributed by atoms with Gasteiger partial charge < -0.3 is 33.8 Å². The SMILES string of the molecule is CCCCCCCCCCCCCCCC(=O)OC[C@H](COP(=O)(O)OC[C@@H](O)COP(=O)(O)OC[C@@H](COC(=O)CCCCCCCCCCCCCC)OC(=O)CCCCCCCCCCCCCC)OC(=O)CCCCCCCCCCCCCCCCCCCCC(C)C. The third-order valence-corrected chi connectivity index (χ3v) is 20.4. The van der Waals surface area contributed by atoms with Gasteiger partial charge in [-0.3, -0.25) is 37.3 Å². The van der Waals surface area contributed by atoms with Crippen LogP contribution in [0.15, 0.2) is 0 Å². The topological polar surface area (TPSA) is 237 Å². The average molecular weight is 1440 g/mol. The van der Waals surface area contributed by atoms with Crippen LogP contribution in [0.1, 0.15) is 420 Å². The normalized spacial score (nSPS) is 13.9. The van der Waals surface area contributed by atoms with Crippen molar-refractivity contribution in [2.24, 2.45) is 5.92 Å². The highest BCUT2D eigenvalue weighted by molar-refractivity contribution is 7.47. The molecule has 0 amide bonds. The summed E-state index contributed by atoms with van der Waals surface area (Å²) in [5, 5.41) is 10.6. The van der Waals surface area contributed by atoms with Gasteiger partial charge >= 0.3 is 39.5 Å². The minimum Gasteiger partial charge on any atom is -0.462 e. The highest BCUT2D eigenvalue weighted by Gasteiger charge is 2.30. The number of aliphatic hydroxyl groups is 1. The third-order valence-electron chi connectivity index (χ3n) is 18.5. The minimum absolute atomic E-state index is 0.108. The fourth-order valence-electron chi connectivity index (χ4n) is 12.2. The molecular formula is C79H154O17P2. The Kier molecular flexibility index (Phi) is 70.6. The summed E-state index contributed by atoms with van der Waals surface area (Å²) in [4.78, 5) is 72.9. The smallest absolute Gasteiger partial charge is 0.462 e. The standard InChI is InChI=1S/C79H154O17P2/c1-6-9-12-15-18-21-24-33-39-43-48-53-58-63-77(82)90-69-75(96-79(84)65-60-55-50-45-40-35-32-30-28-27-29-31-34-36-41-46-51-56-61-72(4)5)71-94-98(87,88)92-67-73(80)66-91-97(85,86)93-70-74(95-78(83)64-59-54-49-44-38-26-23-20-17-14-11-8-3)68-89-76(81)62-57-52-47-42-37-25-22-19-16-13-10-7-2/h72-75,80H,6-71H2,1-5H3,(H,85,86)(H,87,88)/t73-,74+,75+/m0/s1. The molecule has 3 N–H and O–H groups in total. The van der Waals surface area contributed by atoms with Gasteiger partial charge in [0.05, 0.1) is 26.4 Å². The number of carbonyl (C=O) groups excluding carboxylic acids is 4. The van der Waals surface area contributed by atoms with Crippen LogP contribution in [-0.4, -0.2) is 96.7 Å². The van der Waals surface area contributed by atoms with E-state index in [2.05, 4.69) is 34.6 Å². The molecule has 0 aliphatic rings. The fourth-order valence-corrected chi connectivity index (χ4v) is 13.8. The quantitative estimate of drug-likeness (QED) is 0.0222. The van der Waals surface area contributed by atoms with Gasteiger partial charge in [0.25, 0.3) is 0 Å². The van der Waals surface area contributed by atoms with Crippen molar-refractivity contribution in [2.45, 2.75) is 438 Å². The molecule has 0 rings (SSSR count). The number of hydrogen-bond donors (Lipinski definition) is 3. The lowest BCUT2D eigenvalue weighted by Gasteiger charge is -2.21. The molecule has 17 nitrogen and oxygen atoms in total. The van der Waals surface area contributed by atoms with Gasteiger partial charge in [-0.2, -0.15) is 0 Å². The average Bonchev–Trinajstić information content (AvgIpc) is 0.968. The van der Waals surface area contributed by atoms with Crippen molar-refractivity contribution in [3.05, 3.63) is 0 Å². The van der Waals surface area contributed by atoms with E-state index in [1.807, 2.05) is 0 Å². The van der Waals surface area contributed by atoms with Crippen LogP contribution >= 0.6 is 15.6 Å². The first-order valence-corrected chi connectivity index (χ1v) is 44.1. The summed E-state index contributed by atoms with van der Waals surface area (Å²) < 4.78 is 68.6. The van der Waals surface area contributed by atoms with Gasteiger partial charge in [-0.1, -0.05) is 369 Å². The predicted octanol–water partition coefficient (Wildman–Crippen LogP) is 23.6. The predicted molar refractivity (Wildman–Crippen MR) is 400 cm³/mol. The molecule has 0 saturated carbocycles. The highest BCUT2D eigenvalue weighted by Crippen LogP contribution is 2.45. The number of hydrogen-bond acceptors (Lipinski definition) is 15. The van der Waals surface area contributed by atoms with E-state index in [1.54, 1.807) is 0 Å². The molecule has 0 saturated heterocycles. The maximum Gasteiger partial charge on any atom is 0.472 e. The molecule has 19 heteroatoms. The van der Waals surface area contributed by atoms with Crippen LogP contribution in [0, 0.1) is 5.92 Å². The largest absolute Gasteiger partial charge is 0.472 e. The Labute approximate surface area is 600 Å². The van der Waals surface area contributed by atoms with Crippen molar-refractivity contribution in [1.29, 1.82) is 0 Å². The zero-order valence-corrected chi connectivity index (χ0v) is 65.7. The van der Waals surface area contributed by atoms with Gasteiger partial charge in [0.1, 0.15) is 19.3 Å². The Morgan fingerprint density at radius 2 is 0.469 bits per heavy atom. The van der Waals surface area contributed by atoms with Crippen LogP contribution in [0.25, 0.3) is 0 Å². The lowest BCUT2D eigenvalue weighted by molar-refractivity contribution is -0.161. The molecule has 0 aromatic rings. The molecule has 0 fully saturated rings. The van der Waals surface area contributed by atoms with E-state index >= 15 is 0 Å². The molecule has 0 aliphatic heterocycles. The van der Waals surface area contributed by atoms with E-state index in [0.29, 0.717) is 25.7 Å². The Hall–Kier alpha value is -1.94. The van der Waals surface area contributed by atoms with Crippen LogP contribution in [0.2, 0.25) is 0 Å². The first-order valence-electron chi connectivity index (χ1n) is 41.1. The van der Waals surface area contributed by atoms with Crippen LogP contribution in [0.4, 0.5) is 0 Å². The number of aliphatic hydroxyl groups excluding tert-OH is 1. The first kappa shape index (κ1) is 96.1. The first-order chi connectivity index (χ1) is 47.5. The van der Waals surface area contributed by atoms with Gasteiger partial charge in [0, 0.05) is 25.7 Å². The summed E-state index contributed by atoms with van der Waals surface area (Å²) in [7, 11) is -9.91. The molecular weight excluding hydrogens is 1280 g/mol. The molecule has 5 atom stereocenters. The second-order valence-electron chi connectivity index (χ2n) is 28.9. The molecule has 98 heavy (non-hydrogen) atoms. The number of rotatable bonds is 79. The number of ether oxygens (including phenoxy) is 4. The van der Waals surface area contributed by atoms with E-state index in [4.69, 9.17) is 37.0 Å². The number of carbonyl (C=O) groups is 4. The maximum atomic E-state index is 13.1. The number of esters is 4. The molecule has 0 aliphatic carbocycles. The van der Waals surface area contributed by atoms with E-state index in [9.17, 15) is 43.2 Å². The lowest BCUT2D eigenvalue weighted by atomic mass is 10.0. The van der Waals surface area contributed by atoms with E-state index in [1.165, 1.54) is 244 Å². The molecule has 0 bridgehead atoms. The molecule has 0 aromatic heterocycles. The van der Waals surface area contributed by atoms with Gasteiger partial charge in [-0.15, -0.1) is 0 Å². The van der Waals surface area contributed by atoms with E-state index in [-0.39, 0.29) is 25.7 Å².